The van der Waals surface area contributed by atoms with Crippen LogP contribution < -0.4 is 5.32 Å². The van der Waals surface area contributed by atoms with Gasteiger partial charge in [0.1, 0.15) is 5.78 Å². The van der Waals surface area contributed by atoms with Crippen molar-refractivity contribution in [2.24, 2.45) is 0 Å². The van der Waals surface area contributed by atoms with Crippen LogP contribution in [0.4, 0.5) is 0 Å². The molecule has 3 heteroatoms. The molecule has 1 N–H and O–H groups in total. The van der Waals surface area contributed by atoms with Crippen LogP contribution in [0.5, 0.6) is 0 Å². The van der Waals surface area contributed by atoms with E-state index in [0.29, 0.717) is 23.8 Å². The largest absolute Gasteiger partial charge is 0.310 e. The molecule has 2 rings (SSSR count). The summed E-state index contributed by atoms with van der Waals surface area (Å²) in [6.07, 6.45) is 0.584. The Kier molecular flexibility index (Phi) is 3.04. The van der Waals surface area contributed by atoms with Crippen molar-refractivity contribution in [1.29, 1.82) is 0 Å². The van der Waals surface area contributed by atoms with Gasteiger partial charge in [0.15, 0.2) is 0 Å². The highest BCUT2D eigenvalue weighted by Crippen LogP contribution is 2.27. The van der Waals surface area contributed by atoms with Gasteiger partial charge in [0.05, 0.1) is 5.92 Å². The van der Waals surface area contributed by atoms with Gasteiger partial charge in [0, 0.05) is 23.5 Å². The second-order valence-corrected chi connectivity index (χ2v) is 5.45. The first kappa shape index (κ1) is 11.6. The fourth-order valence-electron chi connectivity index (χ4n) is 2.11. The van der Waals surface area contributed by atoms with Crippen LogP contribution in [0.15, 0.2) is 24.3 Å². The number of carbonyl (C=O) groups excluding carboxylic acids is 1. The van der Waals surface area contributed by atoms with Gasteiger partial charge in [-0.2, -0.15) is 0 Å². The van der Waals surface area contributed by atoms with Crippen molar-refractivity contribution >= 4 is 17.4 Å². The summed E-state index contributed by atoms with van der Waals surface area (Å²) < 4.78 is 0. The van der Waals surface area contributed by atoms with Crippen LogP contribution in [0, 0.1) is 0 Å². The molecular formula is C13H16ClNO. The van der Waals surface area contributed by atoms with Gasteiger partial charge in [-0.15, -0.1) is 0 Å². The number of halogens is 1. The Morgan fingerprint density at radius 1 is 1.31 bits per heavy atom. The first-order valence-corrected chi connectivity index (χ1v) is 5.89. The molecule has 1 aromatic carbocycles. The van der Waals surface area contributed by atoms with Gasteiger partial charge < -0.3 is 5.32 Å². The average molecular weight is 238 g/mol. The number of hydrogen-bond acceptors (Lipinski definition) is 2. The number of hydrogen-bond donors (Lipinski definition) is 1. The summed E-state index contributed by atoms with van der Waals surface area (Å²) in [4.78, 5) is 12.0. The van der Waals surface area contributed by atoms with E-state index in [1.54, 1.807) is 0 Å². The van der Waals surface area contributed by atoms with E-state index in [9.17, 15) is 4.79 Å². The molecule has 0 aromatic heterocycles. The van der Waals surface area contributed by atoms with E-state index in [1.807, 2.05) is 24.3 Å². The quantitative estimate of drug-likeness (QED) is 0.814. The van der Waals surface area contributed by atoms with Crippen LogP contribution >= 0.6 is 11.6 Å². The summed E-state index contributed by atoms with van der Waals surface area (Å²) in [5, 5.41) is 4.11. The lowest BCUT2D eigenvalue weighted by Crippen LogP contribution is -2.50. The normalized spacial score (nSPS) is 24.4. The molecular weight excluding hydrogens is 222 g/mol. The minimum atomic E-state index is -0.0694. The Hall–Kier alpha value is -0.860. The highest BCUT2D eigenvalue weighted by Gasteiger charge is 2.33. The molecule has 0 unspecified atom stereocenters. The fraction of sp³-hybridized carbons (Fsp3) is 0.462. The maximum atomic E-state index is 12.0. The summed E-state index contributed by atoms with van der Waals surface area (Å²) in [6, 6.07) is 7.55. The van der Waals surface area contributed by atoms with E-state index >= 15 is 0 Å². The molecule has 1 aliphatic heterocycles. The molecule has 16 heavy (non-hydrogen) atoms. The standard InChI is InChI=1S/C13H16ClNO/c1-13(2)7-12(16)11(8-15-13)9-3-5-10(14)6-4-9/h3-6,11,15H,7-8H2,1-2H3/t11-/m0/s1. The lowest BCUT2D eigenvalue weighted by molar-refractivity contribution is -0.123. The average Bonchev–Trinajstić information content (AvgIpc) is 2.19. The van der Waals surface area contributed by atoms with Crippen molar-refractivity contribution in [2.45, 2.75) is 31.7 Å². The van der Waals surface area contributed by atoms with Crippen molar-refractivity contribution in [3.63, 3.8) is 0 Å². The molecule has 1 heterocycles. The van der Waals surface area contributed by atoms with Crippen molar-refractivity contribution in [1.82, 2.24) is 5.32 Å². The van der Waals surface area contributed by atoms with Crippen LogP contribution in [0.3, 0.4) is 0 Å². The molecule has 0 aliphatic carbocycles. The third kappa shape index (κ3) is 2.45. The summed E-state index contributed by atoms with van der Waals surface area (Å²) in [7, 11) is 0. The van der Waals surface area contributed by atoms with Gasteiger partial charge in [-0.25, -0.2) is 0 Å². The lowest BCUT2D eigenvalue weighted by atomic mass is 9.82. The Labute approximate surface area is 101 Å². The maximum Gasteiger partial charge on any atom is 0.143 e. The fourth-order valence-corrected chi connectivity index (χ4v) is 2.24. The number of nitrogens with one attached hydrogen (secondary N) is 1. The smallest absolute Gasteiger partial charge is 0.143 e. The molecule has 0 saturated carbocycles. The second kappa shape index (κ2) is 4.19. The molecule has 1 saturated heterocycles. The number of piperidine rings is 1. The Balaban J connectivity index is 2.17. The first-order valence-electron chi connectivity index (χ1n) is 5.51. The minimum Gasteiger partial charge on any atom is -0.310 e. The monoisotopic (exact) mass is 237 g/mol. The van der Waals surface area contributed by atoms with E-state index in [0.717, 1.165) is 5.56 Å². The van der Waals surface area contributed by atoms with Crippen LogP contribution in [0.1, 0.15) is 31.7 Å². The van der Waals surface area contributed by atoms with Crippen molar-refractivity contribution in [2.75, 3.05) is 6.54 Å². The summed E-state index contributed by atoms with van der Waals surface area (Å²) in [6.45, 7) is 4.83. The molecule has 0 amide bonds. The van der Waals surface area contributed by atoms with Crippen LogP contribution in [0.2, 0.25) is 5.02 Å². The Morgan fingerprint density at radius 3 is 2.50 bits per heavy atom. The SMILES string of the molecule is CC1(C)CC(=O)[C@H](c2ccc(Cl)cc2)CN1. The van der Waals surface area contributed by atoms with Crippen LogP contribution in [-0.4, -0.2) is 17.9 Å². The maximum absolute atomic E-state index is 12.0. The zero-order valence-corrected chi connectivity index (χ0v) is 10.3. The van der Waals surface area contributed by atoms with E-state index in [1.165, 1.54) is 0 Å². The highest BCUT2D eigenvalue weighted by molar-refractivity contribution is 6.30. The van der Waals surface area contributed by atoms with Gasteiger partial charge in [0.25, 0.3) is 0 Å². The summed E-state index contributed by atoms with van der Waals surface area (Å²) in [5.41, 5.74) is 0.984. The number of rotatable bonds is 1. The number of carbonyl (C=O) groups is 1. The van der Waals surface area contributed by atoms with Crippen molar-refractivity contribution in [3.05, 3.63) is 34.9 Å². The van der Waals surface area contributed by atoms with Gasteiger partial charge >= 0.3 is 0 Å². The third-order valence-corrected chi connectivity index (χ3v) is 3.31. The first-order chi connectivity index (χ1) is 7.48. The van der Waals surface area contributed by atoms with Gasteiger partial charge in [-0.3, -0.25) is 4.79 Å². The molecule has 2 nitrogen and oxygen atoms in total. The third-order valence-electron chi connectivity index (χ3n) is 3.06. The number of ketones is 1. The van der Waals surface area contributed by atoms with Crippen molar-refractivity contribution < 1.29 is 4.79 Å². The Bertz CT molecular complexity index is 397. The van der Waals surface area contributed by atoms with Gasteiger partial charge in [0.2, 0.25) is 0 Å². The van der Waals surface area contributed by atoms with E-state index in [-0.39, 0.29) is 11.5 Å². The number of benzene rings is 1. The van der Waals surface area contributed by atoms with E-state index < -0.39 is 0 Å². The zero-order chi connectivity index (χ0) is 11.8. The summed E-state index contributed by atoms with van der Waals surface area (Å²) >= 11 is 5.83. The molecule has 1 fully saturated rings. The second-order valence-electron chi connectivity index (χ2n) is 5.01. The van der Waals surface area contributed by atoms with Gasteiger partial charge in [-0.05, 0) is 31.5 Å². The minimum absolute atomic E-state index is 0.0229. The predicted octanol–water partition coefficient (Wildman–Crippen LogP) is 2.76. The summed E-state index contributed by atoms with van der Waals surface area (Å²) in [5.74, 6) is 0.288. The lowest BCUT2D eigenvalue weighted by Gasteiger charge is -2.34. The van der Waals surface area contributed by atoms with Gasteiger partial charge in [-0.1, -0.05) is 23.7 Å². The van der Waals surface area contributed by atoms with Crippen LogP contribution in [0.25, 0.3) is 0 Å². The highest BCUT2D eigenvalue weighted by atomic mass is 35.5. The Morgan fingerprint density at radius 2 is 1.94 bits per heavy atom. The molecule has 0 bridgehead atoms. The van der Waals surface area contributed by atoms with E-state index in [2.05, 4.69) is 19.2 Å². The predicted molar refractivity (Wildman–Crippen MR) is 65.9 cm³/mol. The molecule has 1 aromatic rings. The zero-order valence-electron chi connectivity index (χ0n) is 9.59. The molecule has 1 atom stereocenters. The molecule has 1 aliphatic rings. The van der Waals surface area contributed by atoms with E-state index in [4.69, 9.17) is 11.6 Å². The number of Topliss-reactive ketones (excluding diaryl/α,β-unsaturated/α-hetero) is 1. The van der Waals surface area contributed by atoms with Crippen LogP contribution in [-0.2, 0) is 4.79 Å². The van der Waals surface area contributed by atoms with Crippen molar-refractivity contribution in [3.8, 4) is 0 Å². The topological polar surface area (TPSA) is 29.1 Å². The molecule has 86 valence electrons. The molecule has 0 radical (unpaired) electrons. The molecule has 0 spiro atoms.